The molecule has 0 aromatic rings. The second-order valence-corrected chi connectivity index (χ2v) is 2.83. The predicted octanol–water partition coefficient (Wildman–Crippen LogP) is 1.86. The van der Waals surface area contributed by atoms with Crippen molar-refractivity contribution in [2.75, 3.05) is 0 Å². The minimum Gasteiger partial charge on any atom is -0.481 e. The molecule has 1 unspecified atom stereocenters. The molecule has 1 aliphatic rings. The third-order valence-corrected chi connectivity index (χ3v) is 2.03. The fourth-order valence-corrected chi connectivity index (χ4v) is 1.36. The Hall–Kier alpha value is -0.530. The maximum Gasteiger partial charge on any atom is 0.306 e. The highest BCUT2D eigenvalue weighted by Crippen LogP contribution is 2.21. The number of carbonyl (C=O) groups is 1. The predicted molar refractivity (Wildman–Crippen MR) is 38.5 cm³/mol. The van der Waals surface area contributed by atoms with Crippen molar-refractivity contribution in [2.24, 2.45) is 5.92 Å². The summed E-state index contributed by atoms with van der Waals surface area (Å²) >= 11 is 0. The van der Waals surface area contributed by atoms with Crippen molar-refractivity contribution < 1.29 is 9.90 Å². The van der Waals surface area contributed by atoms with E-state index in [1.807, 2.05) is 0 Å². The van der Waals surface area contributed by atoms with Crippen molar-refractivity contribution in [3.63, 3.8) is 0 Å². The molecule has 1 rings (SSSR count). The lowest BCUT2D eigenvalue weighted by atomic mass is 10.0. The molecule has 1 radical (unpaired) electrons. The summed E-state index contributed by atoms with van der Waals surface area (Å²) in [5, 5.41) is 8.65. The molecular weight excluding hydrogens is 128 g/mol. The van der Waals surface area contributed by atoms with Crippen LogP contribution in [0.5, 0.6) is 0 Å². The first-order valence-corrected chi connectivity index (χ1v) is 3.85. The number of carboxylic acid groups (broad SMARTS) is 1. The lowest BCUT2D eigenvalue weighted by Gasteiger charge is -2.05. The standard InChI is InChI=1S/C8H13O2/c9-8(10)7-5-3-1-2-4-6-7/h1,7H,2-6H2,(H,9,10). The number of carboxylic acids is 1. The number of hydrogen-bond acceptors (Lipinski definition) is 1. The Morgan fingerprint density at radius 1 is 1.40 bits per heavy atom. The van der Waals surface area contributed by atoms with Crippen LogP contribution in [0.4, 0.5) is 0 Å². The van der Waals surface area contributed by atoms with E-state index in [1.54, 1.807) is 0 Å². The molecule has 0 amide bonds. The first-order valence-electron chi connectivity index (χ1n) is 3.85. The van der Waals surface area contributed by atoms with Crippen molar-refractivity contribution in [3.05, 3.63) is 6.42 Å². The average Bonchev–Trinajstić information content (AvgIpc) is 2.12. The summed E-state index contributed by atoms with van der Waals surface area (Å²) in [7, 11) is 0. The Balaban J connectivity index is 2.35. The quantitative estimate of drug-likeness (QED) is 0.566. The van der Waals surface area contributed by atoms with Crippen LogP contribution in [0.15, 0.2) is 0 Å². The summed E-state index contributed by atoms with van der Waals surface area (Å²) in [6.07, 6.45) is 7.04. The van der Waals surface area contributed by atoms with Crippen molar-refractivity contribution in [1.82, 2.24) is 0 Å². The number of rotatable bonds is 1. The summed E-state index contributed by atoms with van der Waals surface area (Å²) < 4.78 is 0. The van der Waals surface area contributed by atoms with Crippen molar-refractivity contribution in [1.29, 1.82) is 0 Å². The smallest absolute Gasteiger partial charge is 0.306 e. The lowest BCUT2D eigenvalue weighted by molar-refractivity contribution is -0.142. The third-order valence-electron chi connectivity index (χ3n) is 2.03. The Morgan fingerprint density at radius 3 is 2.90 bits per heavy atom. The van der Waals surface area contributed by atoms with Gasteiger partial charge in [-0.25, -0.2) is 0 Å². The molecule has 0 spiro atoms. The monoisotopic (exact) mass is 141 g/mol. The van der Waals surface area contributed by atoms with Crippen LogP contribution in [0, 0.1) is 12.3 Å². The van der Waals surface area contributed by atoms with Gasteiger partial charge in [-0.15, -0.1) is 0 Å². The molecule has 0 aliphatic heterocycles. The van der Waals surface area contributed by atoms with E-state index in [4.69, 9.17) is 5.11 Å². The summed E-state index contributed by atoms with van der Waals surface area (Å²) in [6, 6.07) is 0. The maximum atomic E-state index is 10.5. The van der Waals surface area contributed by atoms with E-state index < -0.39 is 5.97 Å². The van der Waals surface area contributed by atoms with Gasteiger partial charge in [0.1, 0.15) is 0 Å². The van der Waals surface area contributed by atoms with Gasteiger partial charge in [0, 0.05) is 0 Å². The summed E-state index contributed by atoms with van der Waals surface area (Å²) in [4.78, 5) is 10.5. The summed E-state index contributed by atoms with van der Waals surface area (Å²) in [6.45, 7) is 0. The van der Waals surface area contributed by atoms with Gasteiger partial charge < -0.3 is 5.11 Å². The minimum atomic E-state index is -0.615. The van der Waals surface area contributed by atoms with E-state index in [2.05, 4.69) is 6.42 Å². The van der Waals surface area contributed by atoms with Crippen LogP contribution in [0.2, 0.25) is 0 Å². The van der Waals surface area contributed by atoms with E-state index in [9.17, 15) is 4.79 Å². The fraction of sp³-hybridized carbons (Fsp3) is 0.750. The molecule has 1 N–H and O–H groups in total. The molecule has 1 fully saturated rings. The molecular formula is C8H13O2. The molecule has 1 saturated carbocycles. The minimum absolute atomic E-state index is 0.0706. The highest BCUT2D eigenvalue weighted by atomic mass is 16.4. The van der Waals surface area contributed by atoms with E-state index in [0.29, 0.717) is 0 Å². The fourth-order valence-electron chi connectivity index (χ4n) is 1.36. The van der Waals surface area contributed by atoms with Crippen LogP contribution in [0.25, 0.3) is 0 Å². The molecule has 1 aliphatic carbocycles. The molecule has 0 saturated heterocycles. The molecule has 2 heteroatoms. The Kier molecular flexibility index (Phi) is 2.72. The zero-order valence-electron chi connectivity index (χ0n) is 6.05. The van der Waals surface area contributed by atoms with E-state index in [0.717, 1.165) is 32.1 Å². The largest absolute Gasteiger partial charge is 0.481 e. The molecule has 2 nitrogen and oxygen atoms in total. The third kappa shape index (κ3) is 2.01. The Labute approximate surface area is 61.2 Å². The van der Waals surface area contributed by atoms with Crippen molar-refractivity contribution >= 4 is 5.97 Å². The van der Waals surface area contributed by atoms with Gasteiger partial charge in [-0.3, -0.25) is 4.79 Å². The number of hydrogen-bond donors (Lipinski definition) is 1. The highest BCUT2D eigenvalue weighted by Gasteiger charge is 2.18. The Bertz CT molecular complexity index is 112. The second-order valence-electron chi connectivity index (χ2n) is 2.83. The van der Waals surface area contributed by atoms with Gasteiger partial charge >= 0.3 is 5.97 Å². The molecule has 0 aromatic carbocycles. The van der Waals surface area contributed by atoms with Crippen LogP contribution in [0.1, 0.15) is 32.1 Å². The molecule has 1 atom stereocenters. The van der Waals surface area contributed by atoms with Gasteiger partial charge in [-0.05, 0) is 25.7 Å². The van der Waals surface area contributed by atoms with Gasteiger partial charge in [0.15, 0.2) is 0 Å². The zero-order chi connectivity index (χ0) is 7.40. The van der Waals surface area contributed by atoms with Crippen molar-refractivity contribution in [3.8, 4) is 0 Å². The summed E-state index contributed by atoms with van der Waals surface area (Å²) in [5.74, 6) is -0.686. The van der Waals surface area contributed by atoms with Crippen LogP contribution in [0.3, 0.4) is 0 Å². The van der Waals surface area contributed by atoms with Crippen LogP contribution < -0.4 is 0 Å². The normalized spacial score (nSPS) is 22.0. The lowest BCUT2D eigenvalue weighted by Crippen LogP contribution is -2.11. The highest BCUT2D eigenvalue weighted by molar-refractivity contribution is 5.69. The molecule has 0 heterocycles. The van der Waals surface area contributed by atoms with E-state index in [-0.39, 0.29) is 5.92 Å². The van der Waals surface area contributed by atoms with Gasteiger partial charge in [0.25, 0.3) is 0 Å². The first kappa shape index (κ1) is 7.58. The van der Waals surface area contributed by atoms with Crippen LogP contribution in [-0.4, -0.2) is 11.1 Å². The summed E-state index contributed by atoms with van der Waals surface area (Å²) in [5.41, 5.74) is 0. The average molecular weight is 141 g/mol. The van der Waals surface area contributed by atoms with Crippen LogP contribution in [-0.2, 0) is 4.79 Å². The van der Waals surface area contributed by atoms with E-state index in [1.165, 1.54) is 0 Å². The first-order chi connectivity index (χ1) is 4.80. The Morgan fingerprint density at radius 2 is 2.20 bits per heavy atom. The van der Waals surface area contributed by atoms with Crippen molar-refractivity contribution in [2.45, 2.75) is 32.1 Å². The second kappa shape index (κ2) is 3.59. The topological polar surface area (TPSA) is 37.3 Å². The molecule has 57 valence electrons. The van der Waals surface area contributed by atoms with Crippen LogP contribution >= 0.6 is 0 Å². The van der Waals surface area contributed by atoms with E-state index >= 15 is 0 Å². The van der Waals surface area contributed by atoms with Gasteiger partial charge in [0.05, 0.1) is 5.92 Å². The maximum absolute atomic E-state index is 10.5. The van der Waals surface area contributed by atoms with Gasteiger partial charge in [-0.1, -0.05) is 12.8 Å². The SMILES string of the molecule is O=C(O)C1CC[CH]CCC1. The van der Waals surface area contributed by atoms with Gasteiger partial charge in [0.2, 0.25) is 0 Å². The van der Waals surface area contributed by atoms with Gasteiger partial charge in [-0.2, -0.15) is 0 Å². The molecule has 10 heavy (non-hydrogen) atoms. The number of aliphatic carboxylic acids is 1. The molecule has 0 bridgehead atoms. The molecule has 0 aromatic heterocycles. The zero-order valence-corrected chi connectivity index (χ0v) is 6.05.